The van der Waals surface area contributed by atoms with Crippen molar-refractivity contribution in [2.24, 2.45) is 0 Å². The van der Waals surface area contributed by atoms with Crippen LogP contribution in [0.1, 0.15) is 29.5 Å². The first kappa shape index (κ1) is 20.4. The Hall–Kier alpha value is -3.87. The third-order valence-corrected chi connectivity index (χ3v) is 5.48. The zero-order valence-corrected chi connectivity index (χ0v) is 17.0. The van der Waals surface area contributed by atoms with E-state index in [1.165, 1.54) is 0 Å². The number of nitrogens with one attached hydrogen (secondary N) is 1. The van der Waals surface area contributed by atoms with Crippen molar-refractivity contribution >= 4 is 22.9 Å². The van der Waals surface area contributed by atoms with Crippen LogP contribution in [0.4, 0.5) is 0 Å². The van der Waals surface area contributed by atoms with Crippen molar-refractivity contribution in [3.63, 3.8) is 0 Å². The van der Waals surface area contributed by atoms with Crippen LogP contribution in [-0.2, 0) is 16.1 Å². The molecule has 4 rings (SSSR count). The third kappa shape index (κ3) is 4.50. The molecule has 0 spiro atoms. The van der Waals surface area contributed by atoms with Crippen LogP contribution in [0.5, 0.6) is 0 Å². The lowest BCUT2D eigenvalue weighted by atomic mass is 10.1. The van der Waals surface area contributed by atoms with Crippen molar-refractivity contribution in [3.05, 3.63) is 77.0 Å². The summed E-state index contributed by atoms with van der Waals surface area (Å²) in [5.74, 6) is -0.398. The van der Waals surface area contributed by atoms with Gasteiger partial charge in [0.1, 0.15) is 11.6 Å². The Kier molecular flexibility index (Phi) is 6.12. The number of ether oxygens (including phenoxy) is 1. The minimum absolute atomic E-state index is 0.0195. The summed E-state index contributed by atoms with van der Waals surface area (Å²) >= 11 is 0. The minimum atomic E-state index is -0.398. The maximum absolute atomic E-state index is 12.6. The fourth-order valence-corrected chi connectivity index (χ4v) is 3.88. The Bertz CT molecular complexity index is 1220. The molecule has 0 saturated carbocycles. The van der Waals surface area contributed by atoms with Crippen molar-refractivity contribution in [1.82, 2.24) is 9.88 Å². The minimum Gasteiger partial charge on any atom is -0.376 e. The molecule has 1 atom stereocenters. The number of nitrogens with zero attached hydrogens (tertiary/aromatic N) is 3. The topological polar surface area (TPSA) is 90.8 Å². The van der Waals surface area contributed by atoms with Crippen LogP contribution in [0.3, 0.4) is 0 Å². The number of rotatable bonds is 6. The average molecular weight is 410 g/mol. The van der Waals surface area contributed by atoms with Gasteiger partial charge in [0.15, 0.2) is 0 Å². The maximum Gasteiger partial charge on any atom is 0.262 e. The summed E-state index contributed by atoms with van der Waals surface area (Å²) in [6, 6.07) is 19.6. The number of benzene rings is 2. The van der Waals surface area contributed by atoms with Gasteiger partial charge in [-0.15, -0.1) is 0 Å². The van der Waals surface area contributed by atoms with Gasteiger partial charge >= 0.3 is 0 Å². The number of para-hydroxylation sites is 1. The van der Waals surface area contributed by atoms with E-state index in [1.54, 1.807) is 12.1 Å². The lowest BCUT2D eigenvalue weighted by molar-refractivity contribution is -0.117. The molecule has 154 valence electrons. The molecule has 6 heteroatoms. The smallest absolute Gasteiger partial charge is 0.262 e. The lowest BCUT2D eigenvalue weighted by Gasteiger charge is -2.10. The van der Waals surface area contributed by atoms with Crippen LogP contribution in [0.25, 0.3) is 17.0 Å². The molecule has 2 heterocycles. The van der Waals surface area contributed by atoms with E-state index in [0.29, 0.717) is 18.7 Å². The molecule has 0 aliphatic carbocycles. The molecule has 1 aromatic heterocycles. The molecular formula is C25H22N4O2. The molecule has 6 nitrogen and oxygen atoms in total. The number of aromatic nitrogens is 1. The highest BCUT2D eigenvalue weighted by atomic mass is 16.5. The van der Waals surface area contributed by atoms with Crippen molar-refractivity contribution in [3.8, 4) is 12.1 Å². The fourth-order valence-electron chi connectivity index (χ4n) is 3.88. The SMILES string of the molecule is N#CC(=Cc1cn(Cc2ccccc2C#N)c2ccccc12)C(=O)NCC1CCCO1. The first-order chi connectivity index (χ1) is 15.2. The molecule has 1 N–H and O–H groups in total. The highest BCUT2D eigenvalue weighted by Gasteiger charge is 2.18. The van der Waals surface area contributed by atoms with Crippen molar-refractivity contribution in [2.75, 3.05) is 13.2 Å². The zero-order chi connectivity index (χ0) is 21.6. The number of hydrogen-bond acceptors (Lipinski definition) is 4. The molecule has 1 aliphatic rings. The summed E-state index contributed by atoms with van der Waals surface area (Å²) in [5.41, 5.74) is 3.35. The fraction of sp³-hybridized carbons (Fsp3) is 0.240. The number of amides is 1. The van der Waals surface area contributed by atoms with Gasteiger partial charge in [-0.2, -0.15) is 10.5 Å². The van der Waals surface area contributed by atoms with Gasteiger partial charge in [-0.1, -0.05) is 36.4 Å². The second-order valence-electron chi connectivity index (χ2n) is 7.51. The van der Waals surface area contributed by atoms with Crippen LogP contribution >= 0.6 is 0 Å². The Balaban J connectivity index is 1.63. The largest absolute Gasteiger partial charge is 0.376 e. The molecule has 1 aliphatic heterocycles. The van der Waals surface area contributed by atoms with Gasteiger partial charge in [0.2, 0.25) is 0 Å². The van der Waals surface area contributed by atoms with Crippen molar-refractivity contribution < 1.29 is 9.53 Å². The van der Waals surface area contributed by atoms with E-state index in [2.05, 4.69) is 11.4 Å². The highest BCUT2D eigenvalue weighted by Crippen LogP contribution is 2.25. The van der Waals surface area contributed by atoms with Crippen LogP contribution < -0.4 is 5.32 Å². The summed E-state index contributed by atoms with van der Waals surface area (Å²) in [5, 5.41) is 22.7. The standard InChI is InChI=1S/C25H22N4O2/c26-13-18-6-1-2-7-19(18)16-29-17-21(23-9-3-4-10-24(23)29)12-20(14-27)25(30)28-15-22-8-5-11-31-22/h1-4,6-7,9-10,12,17,22H,5,8,11,15-16H2,(H,28,30). The molecule has 1 fully saturated rings. The van der Waals surface area contributed by atoms with Crippen LogP contribution in [0, 0.1) is 22.7 Å². The zero-order valence-electron chi connectivity index (χ0n) is 17.0. The molecule has 31 heavy (non-hydrogen) atoms. The summed E-state index contributed by atoms with van der Waals surface area (Å²) in [6.45, 7) is 1.64. The van der Waals surface area contributed by atoms with Gasteiger partial charge in [-0.25, -0.2) is 0 Å². The first-order valence-electron chi connectivity index (χ1n) is 10.3. The lowest BCUT2D eigenvalue weighted by Crippen LogP contribution is -2.32. The van der Waals surface area contributed by atoms with E-state index < -0.39 is 5.91 Å². The second-order valence-corrected chi connectivity index (χ2v) is 7.51. The first-order valence-corrected chi connectivity index (χ1v) is 10.3. The van der Waals surface area contributed by atoms with Gasteiger partial charge in [0.05, 0.1) is 17.7 Å². The Morgan fingerprint density at radius 2 is 2.00 bits per heavy atom. The molecule has 2 aromatic carbocycles. The van der Waals surface area contributed by atoms with Crippen molar-refractivity contribution in [1.29, 1.82) is 10.5 Å². The Morgan fingerprint density at radius 3 is 2.77 bits per heavy atom. The van der Waals surface area contributed by atoms with Crippen LogP contribution in [0.15, 0.2) is 60.3 Å². The molecule has 1 saturated heterocycles. The third-order valence-electron chi connectivity index (χ3n) is 5.48. The number of nitriles is 2. The quantitative estimate of drug-likeness (QED) is 0.495. The second kappa shape index (κ2) is 9.30. The molecule has 1 amide bonds. The maximum atomic E-state index is 12.6. The normalized spacial score (nSPS) is 16.1. The van der Waals surface area contributed by atoms with E-state index in [4.69, 9.17) is 4.74 Å². The van der Waals surface area contributed by atoms with Gasteiger partial charge < -0.3 is 14.6 Å². The van der Waals surface area contributed by atoms with Gasteiger partial charge in [0.25, 0.3) is 5.91 Å². The molecule has 1 unspecified atom stereocenters. The van der Waals surface area contributed by atoms with Gasteiger partial charge in [-0.3, -0.25) is 4.79 Å². The molecule has 0 radical (unpaired) electrons. The van der Waals surface area contributed by atoms with Crippen LogP contribution in [0.2, 0.25) is 0 Å². The van der Waals surface area contributed by atoms with E-state index in [1.807, 2.05) is 59.3 Å². The Labute approximate surface area is 181 Å². The number of fused-ring (bicyclic) bond motifs is 1. The monoisotopic (exact) mass is 410 g/mol. The average Bonchev–Trinajstić information content (AvgIpc) is 3.45. The van der Waals surface area contributed by atoms with E-state index in [0.717, 1.165) is 41.5 Å². The molecular weight excluding hydrogens is 388 g/mol. The number of hydrogen-bond donors (Lipinski definition) is 1. The molecule has 0 bridgehead atoms. The summed E-state index contributed by atoms with van der Waals surface area (Å²) < 4.78 is 7.57. The van der Waals surface area contributed by atoms with Gasteiger partial charge in [-0.05, 0) is 36.6 Å². The Morgan fingerprint density at radius 1 is 1.19 bits per heavy atom. The van der Waals surface area contributed by atoms with E-state index >= 15 is 0 Å². The summed E-state index contributed by atoms with van der Waals surface area (Å²) in [7, 11) is 0. The molecule has 3 aromatic rings. The van der Waals surface area contributed by atoms with Crippen LogP contribution in [-0.4, -0.2) is 29.7 Å². The highest BCUT2D eigenvalue weighted by molar-refractivity contribution is 6.04. The van der Waals surface area contributed by atoms with Gasteiger partial charge in [0, 0.05) is 42.4 Å². The number of carbonyl (C=O) groups excluding carboxylic acids is 1. The predicted molar refractivity (Wildman–Crippen MR) is 118 cm³/mol. The summed E-state index contributed by atoms with van der Waals surface area (Å²) in [6.07, 6.45) is 5.48. The predicted octanol–water partition coefficient (Wildman–Crippen LogP) is 3.76. The summed E-state index contributed by atoms with van der Waals surface area (Å²) in [4.78, 5) is 12.6. The van der Waals surface area contributed by atoms with E-state index in [-0.39, 0.29) is 11.7 Å². The van der Waals surface area contributed by atoms with E-state index in [9.17, 15) is 15.3 Å². The number of carbonyl (C=O) groups is 1. The van der Waals surface area contributed by atoms with Crippen molar-refractivity contribution in [2.45, 2.75) is 25.5 Å².